The zero-order chi connectivity index (χ0) is 26.9. The number of hydrogen-bond acceptors (Lipinski definition) is 7. The summed E-state index contributed by atoms with van der Waals surface area (Å²) < 4.78 is 1.45. The van der Waals surface area contributed by atoms with Crippen molar-refractivity contribution >= 4 is 17.8 Å². The smallest absolute Gasteiger partial charge is 0.354 e. The van der Waals surface area contributed by atoms with Crippen LogP contribution in [-0.2, 0) is 11.2 Å². The molecule has 0 radical (unpaired) electrons. The molecule has 3 aliphatic heterocycles. The van der Waals surface area contributed by atoms with Gasteiger partial charge in [0, 0.05) is 57.5 Å². The summed E-state index contributed by atoms with van der Waals surface area (Å²) in [5.41, 5.74) is 7.84. The van der Waals surface area contributed by atoms with Crippen LogP contribution in [0.25, 0.3) is 5.69 Å². The number of nitrogens with two attached hydrogens (primary N) is 1. The number of anilines is 1. The first-order valence-electron chi connectivity index (χ1n) is 13.4. The van der Waals surface area contributed by atoms with Crippen molar-refractivity contribution in [2.45, 2.75) is 31.7 Å². The molecule has 4 N–H and O–H groups in total. The lowest BCUT2D eigenvalue weighted by molar-refractivity contribution is -0.137. The number of nitrogens with zero attached hydrogens (tertiary/aromatic N) is 5. The minimum atomic E-state index is -0.482. The fraction of sp³-hybridized carbons (Fsp3) is 0.556. The molecule has 11 nitrogen and oxygen atoms in total. The van der Waals surface area contributed by atoms with E-state index in [2.05, 4.69) is 15.2 Å². The first-order chi connectivity index (χ1) is 18.2. The third-order valence-corrected chi connectivity index (χ3v) is 7.99. The average Bonchev–Trinajstić information content (AvgIpc) is 2.91. The van der Waals surface area contributed by atoms with Gasteiger partial charge in [-0.05, 0) is 48.9 Å². The van der Waals surface area contributed by atoms with Crippen LogP contribution in [0, 0.1) is 11.8 Å². The van der Waals surface area contributed by atoms with Gasteiger partial charge >= 0.3 is 11.7 Å². The number of benzene rings is 1. The Hall–Kier alpha value is -3.28. The molecule has 1 aromatic carbocycles. The van der Waals surface area contributed by atoms with Crippen LogP contribution < -0.4 is 16.7 Å². The predicted molar refractivity (Wildman–Crippen MR) is 143 cm³/mol. The van der Waals surface area contributed by atoms with Crippen LogP contribution >= 0.6 is 0 Å². The lowest BCUT2D eigenvalue weighted by Crippen LogP contribution is -2.66. The number of urea groups is 1. The molecule has 1 aromatic heterocycles. The van der Waals surface area contributed by atoms with Gasteiger partial charge in [-0.3, -0.25) is 14.7 Å². The summed E-state index contributed by atoms with van der Waals surface area (Å²) in [5.74, 6) is 0.364. The zero-order valence-corrected chi connectivity index (χ0v) is 21.9. The molecule has 38 heavy (non-hydrogen) atoms. The standard InChI is InChI=1S/C27H37N7O4/c1-19(17-35)24(36)32-10-12-33(13-11-32)25(37)29-23-7-9-34(26(38)30-23)22-4-2-20(3-5-22)6-8-31-16-21-14-27(28,15-21)18-31/h2-5,7,9,19,21,35H,6,8,10-18,28H2,1H3,(H,29,30,37,38). The largest absolute Gasteiger partial charge is 0.396 e. The minimum absolute atomic E-state index is 0.0292. The fourth-order valence-electron chi connectivity index (χ4n) is 5.88. The third kappa shape index (κ3) is 5.74. The summed E-state index contributed by atoms with van der Waals surface area (Å²) in [5, 5.41) is 11.9. The van der Waals surface area contributed by atoms with Crippen LogP contribution in [0.5, 0.6) is 0 Å². The van der Waals surface area contributed by atoms with Crippen molar-refractivity contribution in [2.24, 2.45) is 17.6 Å². The zero-order valence-electron chi connectivity index (χ0n) is 21.9. The van der Waals surface area contributed by atoms with E-state index in [-0.39, 0.29) is 29.9 Å². The van der Waals surface area contributed by atoms with Crippen LogP contribution in [0.2, 0.25) is 0 Å². The van der Waals surface area contributed by atoms with Crippen molar-refractivity contribution in [3.8, 4) is 5.69 Å². The van der Waals surface area contributed by atoms with Crippen LogP contribution in [0.4, 0.5) is 10.6 Å². The van der Waals surface area contributed by atoms with Crippen molar-refractivity contribution in [1.82, 2.24) is 24.3 Å². The molecule has 0 spiro atoms. The van der Waals surface area contributed by atoms with Crippen molar-refractivity contribution in [3.05, 3.63) is 52.6 Å². The molecule has 2 aromatic rings. The number of amides is 3. The Morgan fingerprint density at radius 3 is 2.45 bits per heavy atom. The van der Waals surface area contributed by atoms with Crippen molar-refractivity contribution < 1.29 is 14.7 Å². The molecule has 3 saturated heterocycles. The molecule has 1 aliphatic carbocycles. The van der Waals surface area contributed by atoms with Crippen LogP contribution in [0.1, 0.15) is 25.3 Å². The number of aliphatic hydroxyl groups excluding tert-OH is 1. The van der Waals surface area contributed by atoms with Crippen molar-refractivity contribution in [3.63, 3.8) is 0 Å². The highest BCUT2D eigenvalue weighted by atomic mass is 16.3. The molecule has 204 valence electrons. The van der Waals surface area contributed by atoms with Crippen molar-refractivity contribution in [1.29, 1.82) is 0 Å². The topological polar surface area (TPSA) is 137 Å². The van der Waals surface area contributed by atoms with E-state index < -0.39 is 11.6 Å². The number of aliphatic hydroxyl groups is 1. The number of piperidine rings is 2. The van der Waals surface area contributed by atoms with Gasteiger partial charge in [0.2, 0.25) is 5.91 Å². The van der Waals surface area contributed by atoms with E-state index in [1.165, 1.54) is 10.1 Å². The predicted octanol–water partition coefficient (Wildman–Crippen LogP) is 0.503. The Morgan fingerprint density at radius 1 is 1.13 bits per heavy atom. The quantitative estimate of drug-likeness (QED) is 0.481. The number of aromatic nitrogens is 2. The molecule has 3 amide bonds. The van der Waals surface area contributed by atoms with E-state index in [1.54, 1.807) is 29.0 Å². The number of carbonyl (C=O) groups excluding carboxylic acids is 2. The Labute approximate surface area is 222 Å². The Balaban J connectivity index is 1.12. The molecule has 4 fully saturated rings. The second-order valence-electron chi connectivity index (χ2n) is 11.1. The highest BCUT2D eigenvalue weighted by Gasteiger charge is 2.46. The van der Waals surface area contributed by atoms with Gasteiger partial charge in [0.05, 0.1) is 18.2 Å². The molecule has 11 heteroatoms. The summed E-state index contributed by atoms with van der Waals surface area (Å²) in [6.07, 6.45) is 4.86. The molecule has 2 bridgehead atoms. The number of hydrogen-bond donors (Lipinski definition) is 3. The van der Waals surface area contributed by atoms with E-state index in [1.807, 2.05) is 24.3 Å². The second-order valence-corrected chi connectivity index (χ2v) is 11.1. The molecule has 4 aliphatic rings. The lowest BCUT2D eigenvalue weighted by atomic mass is 9.65. The van der Waals surface area contributed by atoms with E-state index in [0.29, 0.717) is 31.9 Å². The van der Waals surface area contributed by atoms with Gasteiger partial charge in [0.25, 0.3) is 0 Å². The average molecular weight is 524 g/mol. The van der Waals surface area contributed by atoms with Crippen molar-refractivity contribution in [2.75, 3.05) is 57.7 Å². The van der Waals surface area contributed by atoms with Crippen LogP contribution in [0.15, 0.2) is 41.3 Å². The monoisotopic (exact) mass is 523 g/mol. The Bertz CT molecular complexity index is 1220. The van der Waals surface area contributed by atoms with E-state index in [9.17, 15) is 19.5 Å². The maximum Gasteiger partial charge on any atom is 0.354 e. The fourth-order valence-corrected chi connectivity index (χ4v) is 5.88. The van der Waals surface area contributed by atoms with Gasteiger partial charge in [-0.25, -0.2) is 9.59 Å². The van der Waals surface area contributed by atoms with E-state index in [4.69, 9.17) is 5.73 Å². The van der Waals surface area contributed by atoms with E-state index in [0.717, 1.165) is 44.8 Å². The van der Waals surface area contributed by atoms with E-state index >= 15 is 0 Å². The van der Waals surface area contributed by atoms with Crippen LogP contribution in [0.3, 0.4) is 0 Å². The molecule has 1 atom stereocenters. The summed E-state index contributed by atoms with van der Waals surface area (Å²) >= 11 is 0. The normalized spacial score (nSPS) is 24.0. The Kier molecular flexibility index (Phi) is 7.51. The Morgan fingerprint density at radius 2 is 1.82 bits per heavy atom. The molecular weight excluding hydrogens is 486 g/mol. The molecular formula is C27H37N7O4. The first-order valence-corrected chi connectivity index (χ1v) is 13.4. The molecule has 1 unspecified atom stereocenters. The molecule has 6 rings (SSSR count). The molecule has 4 heterocycles. The second kappa shape index (κ2) is 10.8. The van der Waals surface area contributed by atoms with Gasteiger partial charge in [0.15, 0.2) is 0 Å². The maximum absolute atomic E-state index is 12.7. The minimum Gasteiger partial charge on any atom is -0.396 e. The maximum atomic E-state index is 12.7. The highest BCUT2D eigenvalue weighted by molar-refractivity contribution is 5.88. The number of carbonyl (C=O) groups is 2. The highest BCUT2D eigenvalue weighted by Crippen LogP contribution is 2.41. The number of rotatable bonds is 7. The summed E-state index contributed by atoms with van der Waals surface area (Å²) in [6, 6.07) is 9.12. The first kappa shape index (κ1) is 26.3. The summed E-state index contributed by atoms with van der Waals surface area (Å²) in [7, 11) is 0. The lowest BCUT2D eigenvalue weighted by Gasteiger charge is -2.54. The van der Waals surface area contributed by atoms with Gasteiger partial charge in [-0.1, -0.05) is 19.1 Å². The van der Waals surface area contributed by atoms with Crippen LogP contribution in [-0.4, -0.2) is 99.3 Å². The summed E-state index contributed by atoms with van der Waals surface area (Å²) in [6.45, 7) is 6.11. The number of fused-ring (bicyclic) bond motifs is 2. The van der Waals surface area contributed by atoms with Gasteiger partial charge in [-0.15, -0.1) is 0 Å². The molecule has 1 saturated carbocycles. The van der Waals surface area contributed by atoms with Gasteiger partial charge in [0.1, 0.15) is 5.82 Å². The van der Waals surface area contributed by atoms with Gasteiger partial charge in [-0.2, -0.15) is 4.98 Å². The third-order valence-electron chi connectivity index (χ3n) is 7.99. The SMILES string of the molecule is CC(CO)C(=O)N1CCN(C(=O)Nc2ccn(-c3ccc(CCN4CC5CC(N)(C5)C4)cc3)c(=O)n2)CC1. The van der Waals surface area contributed by atoms with Gasteiger partial charge < -0.3 is 25.5 Å². The summed E-state index contributed by atoms with van der Waals surface area (Å²) in [4.78, 5) is 47.3. The number of piperazine rings is 1. The number of nitrogens with one attached hydrogen (secondary N) is 1.